The standard InChI is InChI=1S/C19H28N4O7S/c1-28-15-2-4-16(5-3-15)31(26,27)23-10-13-30-17(23)14-21-19(25)18(24)20-6-7-22-8-11-29-12-9-22/h2-5,17H,6-14H2,1H3,(H,20,24)(H,21,25)/t17-/m1/s1. The fraction of sp³-hybridized carbons (Fsp3) is 0.579. The first kappa shape index (κ1) is 23.4. The van der Waals surface area contributed by atoms with Gasteiger partial charge in [-0.05, 0) is 24.3 Å². The largest absolute Gasteiger partial charge is 0.497 e. The summed E-state index contributed by atoms with van der Waals surface area (Å²) in [6, 6.07) is 6.01. The Hall–Kier alpha value is -2.25. The first-order valence-corrected chi connectivity index (χ1v) is 11.5. The third-order valence-electron chi connectivity index (χ3n) is 5.07. The van der Waals surface area contributed by atoms with Crippen LogP contribution in [0.2, 0.25) is 0 Å². The van der Waals surface area contributed by atoms with E-state index in [-0.39, 0.29) is 24.6 Å². The molecular formula is C19H28N4O7S. The number of hydrogen-bond donors (Lipinski definition) is 2. The molecular weight excluding hydrogens is 428 g/mol. The van der Waals surface area contributed by atoms with Gasteiger partial charge in [0, 0.05) is 32.7 Å². The summed E-state index contributed by atoms with van der Waals surface area (Å²) in [4.78, 5) is 26.3. The number of hydrogen-bond acceptors (Lipinski definition) is 8. The maximum Gasteiger partial charge on any atom is 0.309 e. The number of rotatable bonds is 8. The van der Waals surface area contributed by atoms with Crippen molar-refractivity contribution in [3.05, 3.63) is 24.3 Å². The van der Waals surface area contributed by atoms with Crippen LogP contribution in [0.4, 0.5) is 0 Å². The van der Waals surface area contributed by atoms with Crippen molar-refractivity contribution in [3.8, 4) is 5.75 Å². The van der Waals surface area contributed by atoms with E-state index >= 15 is 0 Å². The highest BCUT2D eigenvalue weighted by molar-refractivity contribution is 7.89. The molecule has 0 aliphatic carbocycles. The number of morpholine rings is 1. The van der Waals surface area contributed by atoms with Crippen LogP contribution in [0.1, 0.15) is 0 Å². The molecule has 2 heterocycles. The average molecular weight is 457 g/mol. The van der Waals surface area contributed by atoms with Crippen molar-refractivity contribution in [3.63, 3.8) is 0 Å². The van der Waals surface area contributed by atoms with Crippen LogP contribution in [0.5, 0.6) is 5.75 Å². The molecule has 0 unspecified atom stereocenters. The predicted molar refractivity (Wildman–Crippen MR) is 110 cm³/mol. The lowest BCUT2D eigenvalue weighted by Gasteiger charge is -2.26. The molecule has 2 saturated heterocycles. The summed E-state index contributed by atoms with van der Waals surface area (Å²) < 4.78 is 42.8. The van der Waals surface area contributed by atoms with Crippen LogP contribution in [0.3, 0.4) is 0 Å². The number of nitrogens with zero attached hydrogens (tertiary/aromatic N) is 2. The third kappa shape index (κ3) is 6.14. The van der Waals surface area contributed by atoms with E-state index in [0.717, 1.165) is 13.1 Å². The molecule has 1 aromatic carbocycles. The SMILES string of the molecule is COc1ccc(S(=O)(=O)N2CCO[C@@H]2CNC(=O)C(=O)NCCN2CCOCC2)cc1. The Morgan fingerprint density at radius 3 is 2.42 bits per heavy atom. The van der Waals surface area contributed by atoms with E-state index in [0.29, 0.717) is 32.1 Å². The number of ether oxygens (including phenoxy) is 3. The van der Waals surface area contributed by atoms with Crippen molar-refractivity contribution < 1.29 is 32.2 Å². The molecule has 12 heteroatoms. The zero-order valence-electron chi connectivity index (χ0n) is 17.4. The minimum atomic E-state index is -3.82. The van der Waals surface area contributed by atoms with Crippen LogP contribution < -0.4 is 15.4 Å². The van der Waals surface area contributed by atoms with Crippen LogP contribution in [-0.4, -0.2) is 102 Å². The van der Waals surface area contributed by atoms with Gasteiger partial charge in [0.1, 0.15) is 12.0 Å². The molecule has 1 atom stereocenters. The van der Waals surface area contributed by atoms with Gasteiger partial charge >= 0.3 is 11.8 Å². The lowest BCUT2D eigenvalue weighted by molar-refractivity contribution is -0.139. The lowest BCUT2D eigenvalue weighted by atomic mass is 10.3. The van der Waals surface area contributed by atoms with Crippen LogP contribution in [0.25, 0.3) is 0 Å². The van der Waals surface area contributed by atoms with Gasteiger partial charge in [-0.25, -0.2) is 8.42 Å². The molecule has 2 aliphatic heterocycles. The summed E-state index contributed by atoms with van der Waals surface area (Å²) in [6.45, 7) is 4.08. The second-order valence-electron chi connectivity index (χ2n) is 7.04. The summed E-state index contributed by atoms with van der Waals surface area (Å²) in [5.74, 6) is -1.06. The number of carbonyl (C=O) groups excluding carboxylic acids is 2. The van der Waals surface area contributed by atoms with E-state index < -0.39 is 28.1 Å². The Morgan fingerprint density at radius 1 is 1.06 bits per heavy atom. The smallest absolute Gasteiger partial charge is 0.309 e. The first-order chi connectivity index (χ1) is 14.9. The molecule has 0 saturated carbocycles. The number of benzene rings is 1. The zero-order valence-corrected chi connectivity index (χ0v) is 18.2. The molecule has 2 aliphatic rings. The zero-order chi connectivity index (χ0) is 22.3. The Bertz CT molecular complexity index is 857. The minimum Gasteiger partial charge on any atom is -0.497 e. The highest BCUT2D eigenvalue weighted by Crippen LogP contribution is 2.23. The monoisotopic (exact) mass is 456 g/mol. The van der Waals surface area contributed by atoms with Gasteiger partial charge in [0.25, 0.3) is 0 Å². The molecule has 172 valence electrons. The van der Waals surface area contributed by atoms with E-state index in [4.69, 9.17) is 14.2 Å². The number of amides is 2. The van der Waals surface area contributed by atoms with Crippen LogP contribution in [0.15, 0.2) is 29.2 Å². The Labute approximate surface area is 181 Å². The fourth-order valence-corrected chi connectivity index (χ4v) is 4.83. The minimum absolute atomic E-state index is 0.0935. The summed E-state index contributed by atoms with van der Waals surface area (Å²) in [6.07, 6.45) is -0.891. The van der Waals surface area contributed by atoms with Gasteiger partial charge in [0.2, 0.25) is 10.0 Å². The second kappa shape index (κ2) is 10.9. The van der Waals surface area contributed by atoms with Gasteiger partial charge < -0.3 is 24.8 Å². The molecule has 1 aromatic rings. The number of carbonyl (C=O) groups is 2. The van der Waals surface area contributed by atoms with E-state index in [9.17, 15) is 18.0 Å². The van der Waals surface area contributed by atoms with E-state index in [1.807, 2.05) is 0 Å². The molecule has 2 amide bonds. The maximum absolute atomic E-state index is 12.9. The van der Waals surface area contributed by atoms with Crippen molar-refractivity contribution in [1.29, 1.82) is 0 Å². The fourth-order valence-electron chi connectivity index (χ4n) is 3.32. The summed E-state index contributed by atoms with van der Waals surface area (Å²) in [5.41, 5.74) is 0. The van der Waals surface area contributed by atoms with Crippen molar-refractivity contribution in [1.82, 2.24) is 19.8 Å². The van der Waals surface area contributed by atoms with Crippen molar-refractivity contribution in [2.24, 2.45) is 0 Å². The van der Waals surface area contributed by atoms with Crippen molar-refractivity contribution >= 4 is 21.8 Å². The lowest BCUT2D eigenvalue weighted by Crippen LogP contribution is -2.48. The highest BCUT2D eigenvalue weighted by atomic mass is 32.2. The molecule has 0 aromatic heterocycles. The van der Waals surface area contributed by atoms with E-state index in [1.54, 1.807) is 12.1 Å². The molecule has 11 nitrogen and oxygen atoms in total. The van der Waals surface area contributed by atoms with Crippen molar-refractivity contribution in [2.75, 3.05) is 66.2 Å². The Kier molecular flexibility index (Phi) is 8.21. The topological polar surface area (TPSA) is 127 Å². The normalized spacial score (nSPS) is 20.4. The van der Waals surface area contributed by atoms with Crippen molar-refractivity contribution in [2.45, 2.75) is 11.1 Å². The summed E-state index contributed by atoms with van der Waals surface area (Å²) in [7, 11) is -2.33. The molecule has 31 heavy (non-hydrogen) atoms. The van der Waals surface area contributed by atoms with Gasteiger partial charge in [0.15, 0.2) is 0 Å². The molecule has 2 N–H and O–H groups in total. The Morgan fingerprint density at radius 2 is 1.74 bits per heavy atom. The number of methoxy groups -OCH3 is 1. The van der Waals surface area contributed by atoms with Gasteiger partial charge in [-0.1, -0.05) is 0 Å². The third-order valence-corrected chi connectivity index (χ3v) is 6.97. The maximum atomic E-state index is 12.9. The number of sulfonamides is 1. The summed E-state index contributed by atoms with van der Waals surface area (Å²) in [5, 5.41) is 5.01. The van der Waals surface area contributed by atoms with E-state index in [1.165, 1.54) is 23.5 Å². The molecule has 0 radical (unpaired) electrons. The van der Waals surface area contributed by atoms with Crippen LogP contribution in [-0.2, 0) is 29.1 Å². The van der Waals surface area contributed by atoms with E-state index in [2.05, 4.69) is 15.5 Å². The van der Waals surface area contributed by atoms with Crippen LogP contribution >= 0.6 is 0 Å². The summed E-state index contributed by atoms with van der Waals surface area (Å²) >= 11 is 0. The molecule has 0 spiro atoms. The van der Waals surface area contributed by atoms with Gasteiger partial charge in [-0.15, -0.1) is 0 Å². The highest BCUT2D eigenvalue weighted by Gasteiger charge is 2.36. The molecule has 0 bridgehead atoms. The van der Waals surface area contributed by atoms with Gasteiger partial charge in [0.05, 0.1) is 38.4 Å². The van der Waals surface area contributed by atoms with Crippen LogP contribution in [0, 0.1) is 0 Å². The van der Waals surface area contributed by atoms with Gasteiger partial charge in [-0.2, -0.15) is 4.31 Å². The Balaban J connectivity index is 1.48. The second-order valence-corrected chi connectivity index (χ2v) is 8.93. The quantitative estimate of drug-likeness (QED) is 0.458. The molecule has 3 rings (SSSR count). The average Bonchev–Trinajstić information content (AvgIpc) is 3.27. The predicted octanol–water partition coefficient (Wildman–Crippen LogP) is -1.39. The number of nitrogens with one attached hydrogen (secondary N) is 2. The first-order valence-electron chi connectivity index (χ1n) is 10.1. The molecule has 2 fully saturated rings. The van der Waals surface area contributed by atoms with Gasteiger partial charge in [-0.3, -0.25) is 14.5 Å².